The molecule has 1 aliphatic carbocycles. The summed E-state index contributed by atoms with van der Waals surface area (Å²) in [6.45, 7) is 10.5. The molecule has 0 saturated heterocycles. The van der Waals surface area contributed by atoms with E-state index in [1.165, 1.54) is 0 Å². The number of rotatable bonds is 5. The zero-order valence-electron chi connectivity index (χ0n) is 17.8. The van der Waals surface area contributed by atoms with Crippen molar-refractivity contribution in [3.05, 3.63) is 84.5 Å². The molecule has 3 nitrogen and oxygen atoms in total. The number of carboxylic acids is 1. The Balaban J connectivity index is 2.16. The molecule has 0 heterocycles. The van der Waals surface area contributed by atoms with Gasteiger partial charge in [-0.15, -0.1) is 0 Å². The molecule has 30 heavy (non-hydrogen) atoms. The van der Waals surface area contributed by atoms with E-state index in [1.807, 2.05) is 36.4 Å². The van der Waals surface area contributed by atoms with Gasteiger partial charge in [0, 0.05) is 12.5 Å². The SMILES string of the molecule is C=C1[C@@H](F)C/C(=C\C(=O)O)C[C@H]1O[Si](c1ccccc1)(c1ccccc1)C(C)(C)C. The first kappa shape index (κ1) is 22.2. The van der Waals surface area contributed by atoms with Crippen LogP contribution >= 0.6 is 0 Å². The molecule has 158 valence electrons. The van der Waals surface area contributed by atoms with Gasteiger partial charge in [0.15, 0.2) is 0 Å². The first-order chi connectivity index (χ1) is 14.1. The zero-order valence-corrected chi connectivity index (χ0v) is 18.8. The van der Waals surface area contributed by atoms with Crippen molar-refractivity contribution in [1.29, 1.82) is 0 Å². The summed E-state index contributed by atoms with van der Waals surface area (Å²) in [7, 11) is -2.88. The van der Waals surface area contributed by atoms with Crippen LogP contribution in [0.2, 0.25) is 5.04 Å². The van der Waals surface area contributed by atoms with Crippen LogP contribution in [0.15, 0.2) is 84.5 Å². The Kier molecular flexibility index (Phi) is 6.43. The molecule has 0 radical (unpaired) electrons. The van der Waals surface area contributed by atoms with E-state index in [0.717, 1.165) is 16.4 Å². The normalized spacial score (nSPS) is 21.6. The van der Waals surface area contributed by atoms with Crippen molar-refractivity contribution in [2.24, 2.45) is 0 Å². The molecule has 0 unspecified atom stereocenters. The predicted octanol–water partition coefficient (Wildman–Crippen LogP) is 4.63. The lowest BCUT2D eigenvalue weighted by Crippen LogP contribution is -2.68. The number of halogens is 1. The van der Waals surface area contributed by atoms with Crippen LogP contribution in [0.5, 0.6) is 0 Å². The van der Waals surface area contributed by atoms with E-state index in [9.17, 15) is 9.18 Å². The van der Waals surface area contributed by atoms with E-state index in [-0.39, 0.29) is 11.5 Å². The van der Waals surface area contributed by atoms with Crippen molar-refractivity contribution in [1.82, 2.24) is 0 Å². The van der Waals surface area contributed by atoms with Crippen LogP contribution in [0.25, 0.3) is 0 Å². The highest BCUT2D eigenvalue weighted by molar-refractivity contribution is 6.99. The standard InChI is InChI=1S/C25H29FO3Si/c1-18-22(26)15-19(17-24(27)28)16-23(18)29-30(25(2,3)4,20-11-7-5-8-12-20)21-13-9-6-10-14-21/h5-14,17,22-23H,1,15-16H2,2-4H3,(H,27,28)/b19-17+/t22-,23+/m0/s1. The van der Waals surface area contributed by atoms with Crippen LogP contribution in [-0.4, -0.2) is 31.7 Å². The number of hydrogen-bond acceptors (Lipinski definition) is 2. The molecule has 1 N–H and O–H groups in total. The molecule has 2 aromatic rings. The molecule has 0 bridgehead atoms. The Morgan fingerprint density at radius 2 is 1.57 bits per heavy atom. The largest absolute Gasteiger partial charge is 0.478 e. The second kappa shape index (κ2) is 8.70. The summed E-state index contributed by atoms with van der Waals surface area (Å²) >= 11 is 0. The van der Waals surface area contributed by atoms with Crippen molar-refractivity contribution >= 4 is 24.7 Å². The number of carboxylic acid groups (broad SMARTS) is 1. The van der Waals surface area contributed by atoms with Crippen molar-refractivity contribution in [2.45, 2.75) is 50.9 Å². The first-order valence-electron chi connectivity index (χ1n) is 10.2. The van der Waals surface area contributed by atoms with Gasteiger partial charge in [0.2, 0.25) is 0 Å². The van der Waals surface area contributed by atoms with Crippen molar-refractivity contribution in [3.8, 4) is 0 Å². The lowest BCUT2D eigenvalue weighted by atomic mass is 9.87. The van der Waals surface area contributed by atoms with Gasteiger partial charge in [0.25, 0.3) is 8.32 Å². The van der Waals surface area contributed by atoms with E-state index < -0.39 is 26.6 Å². The van der Waals surface area contributed by atoms with Gasteiger partial charge in [-0.25, -0.2) is 9.18 Å². The van der Waals surface area contributed by atoms with E-state index in [1.54, 1.807) is 0 Å². The predicted molar refractivity (Wildman–Crippen MR) is 121 cm³/mol. The molecule has 0 amide bonds. The maximum absolute atomic E-state index is 14.8. The Labute approximate surface area is 179 Å². The van der Waals surface area contributed by atoms with Crippen LogP contribution in [-0.2, 0) is 9.22 Å². The van der Waals surface area contributed by atoms with Crippen LogP contribution in [0.4, 0.5) is 4.39 Å². The lowest BCUT2D eigenvalue weighted by Gasteiger charge is -2.46. The molecule has 2 atom stereocenters. The highest BCUT2D eigenvalue weighted by Crippen LogP contribution is 2.41. The summed E-state index contributed by atoms with van der Waals surface area (Å²) in [4.78, 5) is 11.2. The summed E-state index contributed by atoms with van der Waals surface area (Å²) in [6, 6.07) is 20.3. The van der Waals surface area contributed by atoms with Crippen LogP contribution < -0.4 is 10.4 Å². The smallest absolute Gasteiger partial charge is 0.328 e. The summed E-state index contributed by atoms with van der Waals surface area (Å²) in [5.74, 6) is -1.06. The molecule has 2 aromatic carbocycles. The second-order valence-electron chi connectivity index (χ2n) is 8.86. The lowest BCUT2D eigenvalue weighted by molar-refractivity contribution is -0.131. The molecule has 0 aliphatic heterocycles. The van der Waals surface area contributed by atoms with Crippen molar-refractivity contribution in [2.75, 3.05) is 0 Å². The van der Waals surface area contributed by atoms with Gasteiger partial charge in [-0.3, -0.25) is 0 Å². The average molecular weight is 425 g/mol. The van der Waals surface area contributed by atoms with E-state index >= 15 is 0 Å². The monoisotopic (exact) mass is 424 g/mol. The summed E-state index contributed by atoms with van der Waals surface area (Å²) in [6.07, 6.45) is -0.374. The number of alkyl halides is 1. The van der Waals surface area contributed by atoms with E-state index in [4.69, 9.17) is 9.53 Å². The van der Waals surface area contributed by atoms with Gasteiger partial charge in [0.05, 0.1) is 6.10 Å². The van der Waals surface area contributed by atoms with Crippen LogP contribution in [0, 0.1) is 0 Å². The minimum Gasteiger partial charge on any atom is -0.478 e. The molecular formula is C25H29FO3Si. The third-order valence-electron chi connectivity index (χ3n) is 5.77. The highest BCUT2D eigenvalue weighted by atomic mass is 28.4. The van der Waals surface area contributed by atoms with Gasteiger partial charge in [0.1, 0.15) is 6.17 Å². The Hall–Kier alpha value is -2.50. The highest BCUT2D eigenvalue weighted by Gasteiger charge is 2.52. The summed E-state index contributed by atoms with van der Waals surface area (Å²) in [5.41, 5.74) is 0.941. The molecule has 1 aliphatic rings. The first-order valence-corrected chi connectivity index (χ1v) is 12.1. The molecule has 1 saturated carbocycles. The maximum Gasteiger partial charge on any atom is 0.328 e. The van der Waals surface area contributed by atoms with Crippen LogP contribution in [0.3, 0.4) is 0 Å². The minimum atomic E-state index is -2.88. The van der Waals surface area contributed by atoms with E-state index in [2.05, 4.69) is 51.6 Å². The Bertz CT molecular complexity index is 892. The van der Waals surface area contributed by atoms with Gasteiger partial charge in [-0.05, 0) is 27.4 Å². The number of carbonyl (C=O) groups is 1. The minimum absolute atomic E-state index is 0.0613. The third kappa shape index (κ3) is 4.32. The summed E-state index contributed by atoms with van der Waals surface area (Å²) in [5, 5.41) is 11.1. The fraction of sp³-hybridized carbons (Fsp3) is 0.320. The Morgan fingerprint density at radius 1 is 1.07 bits per heavy atom. The molecule has 0 spiro atoms. The van der Waals surface area contributed by atoms with Crippen molar-refractivity contribution in [3.63, 3.8) is 0 Å². The summed E-state index contributed by atoms with van der Waals surface area (Å²) < 4.78 is 21.8. The van der Waals surface area contributed by atoms with Gasteiger partial charge in [-0.1, -0.05) is 93.6 Å². The van der Waals surface area contributed by atoms with Gasteiger partial charge >= 0.3 is 5.97 Å². The molecule has 3 rings (SSSR count). The fourth-order valence-electron chi connectivity index (χ4n) is 4.33. The maximum atomic E-state index is 14.8. The quantitative estimate of drug-likeness (QED) is 0.432. The van der Waals surface area contributed by atoms with Gasteiger partial charge < -0.3 is 9.53 Å². The number of hydrogen-bond donors (Lipinski definition) is 1. The topological polar surface area (TPSA) is 46.5 Å². The third-order valence-corrected chi connectivity index (χ3v) is 10.8. The molecular weight excluding hydrogens is 395 g/mol. The Morgan fingerprint density at radius 3 is 2.00 bits per heavy atom. The number of benzene rings is 2. The average Bonchev–Trinajstić information content (AvgIpc) is 2.69. The van der Waals surface area contributed by atoms with Crippen LogP contribution in [0.1, 0.15) is 33.6 Å². The second-order valence-corrected chi connectivity index (χ2v) is 13.1. The molecule has 0 aromatic heterocycles. The van der Waals surface area contributed by atoms with Crippen molar-refractivity contribution < 1.29 is 18.7 Å². The molecule has 5 heteroatoms. The van der Waals surface area contributed by atoms with Gasteiger partial charge in [-0.2, -0.15) is 0 Å². The zero-order chi connectivity index (χ0) is 21.9. The number of aliphatic carboxylic acids is 1. The molecule has 1 fully saturated rings. The fourth-order valence-corrected chi connectivity index (χ4v) is 9.01. The van der Waals surface area contributed by atoms with E-state index in [0.29, 0.717) is 17.6 Å².